The maximum atomic E-state index is 13.1. The van der Waals surface area contributed by atoms with Crippen LogP contribution in [0.4, 0.5) is 5.95 Å². The van der Waals surface area contributed by atoms with Crippen LogP contribution in [0.25, 0.3) is 5.65 Å². The first-order valence-electron chi connectivity index (χ1n) is 9.92. The topological polar surface area (TPSA) is 57.0 Å². The van der Waals surface area contributed by atoms with Gasteiger partial charge >= 0.3 is 0 Å². The molecule has 1 amide bonds. The number of piperidine rings is 1. The number of piperazine rings is 1. The summed E-state index contributed by atoms with van der Waals surface area (Å²) in [5, 5.41) is 9.15. The number of hydrogen-bond acceptors (Lipinski definition) is 5. The van der Waals surface area contributed by atoms with Crippen LogP contribution < -0.4 is 4.90 Å². The van der Waals surface area contributed by atoms with Crippen molar-refractivity contribution in [3.8, 4) is 0 Å². The minimum Gasteiger partial charge on any atom is -0.340 e. The van der Waals surface area contributed by atoms with Crippen LogP contribution in [0.2, 0.25) is 5.02 Å². The van der Waals surface area contributed by atoms with E-state index in [-0.39, 0.29) is 5.92 Å². The second-order valence-electron chi connectivity index (χ2n) is 7.50. The number of carbonyl (C=O) groups excluding carboxylic acids is 1. The van der Waals surface area contributed by atoms with Crippen LogP contribution in [-0.4, -0.2) is 76.1 Å². The third-order valence-corrected chi connectivity index (χ3v) is 5.94. The fourth-order valence-electron chi connectivity index (χ4n) is 4.21. The van der Waals surface area contributed by atoms with Gasteiger partial charge in [-0.15, -0.1) is 10.2 Å². The summed E-state index contributed by atoms with van der Waals surface area (Å²) in [5.41, 5.74) is 0.662. The Kier molecular flexibility index (Phi) is 5.50. The summed E-state index contributed by atoms with van der Waals surface area (Å²) < 4.78 is 1.92. The number of anilines is 1. The highest BCUT2D eigenvalue weighted by Gasteiger charge is 2.32. The molecule has 0 N–H and O–H groups in total. The first-order chi connectivity index (χ1) is 13.2. The molecule has 7 nitrogen and oxygen atoms in total. The van der Waals surface area contributed by atoms with Gasteiger partial charge in [-0.25, -0.2) is 0 Å². The highest BCUT2D eigenvalue weighted by molar-refractivity contribution is 6.33. The van der Waals surface area contributed by atoms with Crippen LogP contribution >= 0.6 is 11.6 Å². The van der Waals surface area contributed by atoms with Crippen molar-refractivity contribution < 1.29 is 4.79 Å². The summed E-state index contributed by atoms with van der Waals surface area (Å²) in [6.07, 6.45) is 5.03. The second-order valence-corrected chi connectivity index (χ2v) is 7.91. The lowest BCUT2D eigenvalue weighted by atomic mass is 9.96. The molecule has 0 spiro atoms. The largest absolute Gasteiger partial charge is 0.340 e. The van der Waals surface area contributed by atoms with Crippen molar-refractivity contribution in [2.75, 3.05) is 50.7 Å². The van der Waals surface area contributed by atoms with Crippen molar-refractivity contribution in [2.45, 2.75) is 26.2 Å². The maximum absolute atomic E-state index is 13.1. The molecule has 0 aromatic carbocycles. The Morgan fingerprint density at radius 2 is 2.04 bits per heavy atom. The Labute approximate surface area is 164 Å². The minimum atomic E-state index is 0.0306. The molecule has 2 saturated heterocycles. The zero-order valence-corrected chi connectivity index (χ0v) is 16.6. The van der Waals surface area contributed by atoms with E-state index in [4.69, 9.17) is 11.6 Å². The van der Waals surface area contributed by atoms with Crippen LogP contribution in [-0.2, 0) is 4.79 Å². The summed E-state index contributed by atoms with van der Waals surface area (Å²) in [6.45, 7) is 8.59. The molecule has 0 aliphatic carbocycles. The van der Waals surface area contributed by atoms with Crippen LogP contribution in [0.15, 0.2) is 18.3 Å². The van der Waals surface area contributed by atoms with Gasteiger partial charge in [0.25, 0.3) is 0 Å². The summed E-state index contributed by atoms with van der Waals surface area (Å²) in [4.78, 5) is 19.7. The first kappa shape index (κ1) is 18.5. The maximum Gasteiger partial charge on any atom is 0.231 e. The van der Waals surface area contributed by atoms with Gasteiger partial charge < -0.3 is 9.80 Å². The van der Waals surface area contributed by atoms with Gasteiger partial charge in [0.15, 0.2) is 5.65 Å². The Morgan fingerprint density at radius 1 is 1.22 bits per heavy atom. The van der Waals surface area contributed by atoms with Gasteiger partial charge in [0.05, 0.1) is 10.9 Å². The van der Waals surface area contributed by atoms with Gasteiger partial charge in [-0.05, 0) is 37.9 Å². The van der Waals surface area contributed by atoms with E-state index in [0.29, 0.717) is 23.1 Å². The average molecular weight is 391 g/mol. The fourth-order valence-corrected chi connectivity index (χ4v) is 4.42. The number of aromatic nitrogens is 3. The standard InChI is InChI=1S/C19H27ClN6O/c1-2-7-23-10-12-24(13-11-23)18(27)15-5-3-8-25(14-15)19-22-21-17-16(20)6-4-9-26(17)19/h4,6,9,15H,2-3,5,7-8,10-14H2,1H3/t15-/m0/s1. The molecule has 4 heterocycles. The summed E-state index contributed by atoms with van der Waals surface area (Å²) in [5.74, 6) is 1.10. The lowest BCUT2D eigenvalue weighted by molar-refractivity contribution is -0.137. The highest BCUT2D eigenvalue weighted by atomic mass is 35.5. The molecule has 2 aliphatic rings. The van der Waals surface area contributed by atoms with E-state index in [1.807, 2.05) is 22.7 Å². The monoisotopic (exact) mass is 390 g/mol. The number of fused-ring (bicyclic) bond motifs is 1. The van der Waals surface area contributed by atoms with Crippen molar-refractivity contribution in [1.82, 2.24) is 24.4 Å². The second kappa shape index (κ2) is 8.02. The molecule has 2 aliphatic heterocycles. The average Bonchev–Trinajstić information content (AvgIpc) is 3.14. The summed E-state index contributed by atoms with van der Waals surface area (Å²) >= 11 is 6.22. The van der Waals surface area contributed by atoms with Crippen LogP contribution in [0.5, 0.6) is 0 Å². The molecule has 2 fully saturated rings. The van der Waals surface area contributed by atoms with Gasteiger partial charge in [0.2, 0.25) is 11.9 Å². The SMILES string of the molecule is CCCN1CCN(C(=O)[C@H]2CCCN(c3nnc4c(Cl)cccn34)C2)CC1. The van der Waals surface area contributed by atoms with E-state index < -0.39 is 0 Å². The Hall–Kier alpha value is -1.86. The molecule has 146 valence electrons. The molecule has 0 radical (unpaired) electrons. The number of pyridine rings is 1. The molecule has 0 unspecified atom stereocenters. The van der Waals surface area contributed by atoms with E-state index in [2.05, 4.69) is 31.8 Å². The summed E-state index contributed by atoms with van der Waals surface area (Å²) in [7, 11) is 0. The van der Waals surface area contributed by atoms with Crippen LogP contribution in [0, 0.1) is 5.92 Å². The van der Waals surface area contributed by atoms with Gasteiger partial charge in [-0.1, -0.05) is 18.5 Å². The molecule has 4 rings (SSSR count). The smallest absolute Gasteiger partial charge is 0.231 e. The molecule has 0 saturated carbocycles. The van der Waals surface area contributed by atoms with E-state index in [1.54, 1.807) is 0 Å². The third kappa shape index (κ3) is 3.75. The predicted octanol–water partition coefficient (Wildman–Crippen LogP) is 2.15. The zero-order valence-electron chi connectivity index (χ0n) is 15.8. The fraction of sp³-hybridized carbons (Fsp3) is 0.632. The number of carbonyl (C=O) groups is 1. The molecule has 0 bridgehead atoms. The molecular weight excluding hydrogens is 364 g/mol. The Morgan fingerprint density at radius 3 is 2.81 bits per heavy atom. The van der Waals surface area contributed by atoms with Gasteiger partial charge in [0, 0.05) is 45.5 Å². The van der Waals surface area contributed by atoms with Gasteiger partial charge in [-0.2, -0.15) is 0 Å². The quantitative estimate of drug-likeness (QED) is 0.800. The Bertz CT molecular complexity index is 801. The van der Waals surface area contributed by atoms with E-state index >= 15 is 0 Å². The molecular formula is C19H27ClN6O. The Balaban J connectivity index is 1.43. The molecule has 8 heteroatoms. The van der Waals surface area contributed by atoms with Crippen LogP contribution in [0.3, 0.4) is 0 Å². The molecule has 27 heavy (non-hydrogen) atoms. The van der Waals surface area contributed by atoms with Crippen molar-refractivity contribution in [3.63, 3.8) is 0 Å². The van der Waals surface area contributed by atoms with Crippen molar-refractivity contribution in [2.24, 2.45) is 5.92 Å². The van der Waals surface area contributed by atoms with E-state index in [0.717, 1.165) is 58.1 Å². The lowest BCUT2D eigenvalue weighted by Crippen LogP contribution is -2.52. The molecule has 2 aromatic rings. The van der Waals surface area contributed by atoms with Crippen molar-refractivity contribution in [1.29, 1.82) is 0 Å². The van der Waals surface area contributed by atoms with Crippen molar-refractivity contribution in [3.05, 3.63) is 23.4 Å². The lowest BCUT2D eigenvalue weighted by Gasteiger charge is -2.39. The summed E-state index contributed by atoms with van der Waals surface area (Å²) in [6, 6.07) is 3.71. The number of amides is 1. The highest BCUT2D eigenvalue weighted by Crippen LogP contribution is 2.26. The van der Waals surface area contributed by atoms with Crippen molar-refractivity contribution >= 4 is 29.1 Å². The number of hydrogen-bond donors (Lipinski definition) is 0. The minimum absolute atomic E-state index is 0.0306. The van der Waals surface area contributed by atoms with Gasteiger partial charge in [0.1, 0.15) is 0 Å². The number of nitrogens with zero attached hydrogens (tertiary/aromatic N) is 6. The van der Waals surface area contributed by atoms with Crippen LogP contribution in [0.1, 0.15) is 26.2 Å². The molecule has 2 aromatic heterocycles. The molecule has 1 atom stereocenters. The number of halogens is 1. The predicted molar refractivity (Wildman–Crippen MR) is 106 cm³/mol. The van der Waals surface area contributed by atoms with Gasteiger partial charge in [-0.3, -0.25) is 14.1 Å². The van der Waals surface area contributed by atoms with E-state index in [9.17, 15) is 4.79 Å². The normalized spacial score (nSPS) is 21.8. The number of rotatable bonds is 4. The van der Waals surface area contributed by atoms with E-state index in [1.165, 1.54) is 6.42 Å². The zero-order chi connectivity index (χ0) is 18.8. The third-order valence-electron chi connectivity index (χ3n) is 5.65. The first-order valence-corrected chi connectivity index (χ1v) is 10.3.